The lowest BCUT2D eigenvalue weighted by molar-refractivity contribution is 0.720. The average molecular weight is 232 g/mol. The molecule has 0 amide bonds. The number of rotatable bonds is 3. The minimum atomic E-state index is -0.416. The molecular formula is C11H12N4O2. The highest BCUT2D eigenvalue weighted by Crippen LogP contribution is 2.06. The van der Waals surface area contributed by atoms with Gasteiger partial charge in [0.25, 0.3) is 5.56 Å². The van der Waals surface area contributed by atoms with Crippen molar-refractivity contribution in [3.63, 3.8) is 0 Å². The van der Waals surface area contributed by atoms with Gasteiger partial charge in [-0.25, -0.2) is 9.78 Å². The highest BCUT2D eigenvalue weighted by atomic mass is 16.2. The van der Waals surface area contributed by atoms with Crippen molar-refractivity contribution in [3.8, 4) is 0 Å². The number of pyridine rings is 1. The van der Waals surface area contributed by atoms with Gasteiger partial charge in [0.2, 0.25) is 0 Å². The minimum absolute atomic E-state index is 0.392. The fraction of sp³-hybridized carbons (Fsp3) is 0.182. The molecule has 0 saturated heterocycles. The predicted molar refractivity (Wildman–Crippen MR) is 64.2 cm³/mol. The molecule has 2 aromatic rings. The van der Waals surface area contributed by atoms with Crippen molar-refractivity contribution in [2.45, 2.75) is 6.54 Å². The first kappa shape index (κ1) is 11.1. The first-order valence-corrected chi connectivity index (χ1v) is 5.11. The van der Waals surface area contributed by atoms with Gasteiger partial charge in [-0.15, -0.1) is 0 Å². The maximum Gasteiger partial charge on any atom is 0.328 e. The molecule has 6 heteroatoms. The van der Waals surface area contributed by atoms with E-state index < -0.39 is 11.2 Å². The Bertz CT molecular complexity index is 630. The Morgan fingerprint density at radius 3 is 2.94 bits per heavy atom. The van der Waals surface area contributed by atoms with Crippen molar-refractivity contribution < 1.29 is 0 Å². The summed E-state index contributed by atoms with van der Waals surface area (Å²) in [7, 11) is 1.78. The Labute approximate surface area is 97.0 Å². The van der Waals surface area contributed by atoms with Crippen LogP contribution in [0, 0.1) is 0 Å². The molecule has 0 spiro atoms. The summed E-state index contributed by atoms with van der Waals surface area (Å²) in [4.78, 5) is 28.7. The van der Waals surface area contributed by atoms with Gasteiger partial charge in [-0.1, -0.05) is 0 Å². The zero-order chi connectivity index (χ0) is 12.3. The summed E-state index contributed by atoms with van der Waals surface area (Å²) in [6.07, 6.45) is 3.14. The molecule has 0 radical (unpaired) electrons. The van der Waals surface area contributed by atoms with Crippen LogP contribution in [0.4, 0.5) is 5.82 Å². The van der Waals surface area contributed by atoms with Gasteiger partial charge in [0, 0.05) is 25.5 Å². The molecule has 0 fully saturated rings. The van der Waals surface area contributed by atoms with Crippen LogP contribution in [0.5, 0.6) is 0 Å². The van der Waals surface area contributed by atoms with Gasteiger partial charge in [-0.05, 0) is 17.7 Å². The molecular weight excluding hydrogens is 220 g/mol. The Kier molecular flexibility index (Phi) is 3.04. The molecule has 2 rings (SSSR count). The molecule has 0 aromatic carbocycles. The summed E-state index contributed by atoms with van der Waals surface area (Å²) in [6, 6.07) is 4.98. The van der Waals surface area contributed by atoms with Crippen molar-refractivity contribution in [1.29, 1.82) is 0 Å². The van der Waals surface area contributed by atoms with E-state index >= 15 is 0 Å². The van der Waals surface area contributed by atoms with Crippen LogP contribution in [-0.2, 0) is 6.54 Å². The predicted octanol–water partition coefficient (Wildman–Crippen LogP) is 0.0216. The second kappa shape index (κ2) is 4.65. The van der Waals surface area contributed by atoms with Crippen LogP contribution >= 0.6 is 0 Å². The van der Waals surface area contributed by atoms with Crippen molar-refractivity contribution in [3.05, 3.63) is 57.0 Å². The van der Waals surface area contributed by atoms with E-state index in [1.54, 1.807) is 13.2 Å². The highest BCUT2D eigenvalue weighted by molar-refractivity contribution is 5.36. The molecule has 0 saturated carbocycles. The molecule has 2 N–H and O–H groups in total. The summed E-state index contributed by atoms with van der Waals surface area (Å²) in [5.74, 6) is 0.736. The average Bonchev–Trinajstić information content (AvgIpc) is 2.33. The Balaban J connectivity index is 2.31. The van der Waals surface area contributed by atoms with Gasteiger partial charge >= 0.3 is 5.69 Å². The van der Waals surface area contributed by atoms with E-state index in [4.69, 9.17) is 0 Å². The summed E-state index contributed by atoms with van der Waals surface area (Å²) in [5, 5.41) is 2.92. The zero-order valence-electron chi connectivity index (χ0n) is 9.30. The summed E-state index contributed by atoms with van der Waals surface area (Å²) in [5.41, 5.74) is 0.121. The topological polar surface area (TPSA) is 79.8 Å². The van der Waals surface area contributed by atoms with Gasteiger partial charge < -0.3 is 5.32 Å². The van der Waals surface area contributed by atoms with Gasteiger partial charge in [-0.2, -0.15) is 0 Å². The maximum absolute atomic E-state index is 11.5. The van der Waals surface area contributed by atoms with Crippen molar-refractivity contribution in [2.24, 2.45) is 0 Å². The smallest absolute Gasteiger partial charge is 0.328 e. The molecule has 0 unspecified atom stereocenters. The largest absolute Gasteiger partial charge is 0.373 e. The molecule has 0 bridgehead atoms. The number of anilines is 1. The molecule has 88 valence electrons. The fourth-order valence-electron chi connectivity index (χ4n) is 1.47. The van der Waals surface area contributed by atoms with Crippen LogP contribution < -0.4 is 16.6 Å². The van der Waals surface area contributed by atoms with Crippen LogP contribution in [0.25, 0.3) is 0 Å². The van der Waals surface area contributed by atoms with E-state index in [9.17, 15) is 9.59 Å². The Hall–Kier alpha value is -2.37. The summed E-state index contributed by atoms with van der Waals surface area (Å²) < 4.78 is 1.43. The fourth-order valence-corrected chi connectivity index (χ4v) is 1.47. The standard InChI is InChI=1S/C11H12N4O2/c1-12-9-6-8(2-4-13-9)7-15-5-3-10(16)14-11(15)17/h2-6H,7H2,1H3,(H,12,13)(H,14,16,17). The monoisotopic (exact) mass is 232 g/mol. The van der Waals surface area contributed by atoms with Crippen LogP contribution in [0.2, 0.25) is 0 Å². The first-order valence-electron chi connectivity index (χ1n) is 5.11. The number of H-pyrrole nitrogens is 1. The molecule has 0 aliphatic carbocycles. The van der Waals surface area contributed by atoms with Gasteiger partial charge in [0.05, 0.1) is 6.54 Å². The first-order chi connectivity index (χ1) is 8.19. The van der Waals surface area contributed by atoms with Crippen molar-refractivity contribution >= 4 is 5.82 Å². The van der Waals surface area contributed by atoms with E-state index in [-0.39, 0.29) is 0 Å². The second-order valence-electron chi connectivity index (χ2n) is 3.54. The normalized spacial score (nSPS) is 10.2. The Morgan fingerprint density at radius 1 is 1.41 bits per heavy atom. The zero-order valence-corrected chi connectivity index (χ0v) is 9.30. The van der Waals surface area contributed by atoms with Crippen LogP contribution in [-0.4, -0.2) is 21.6 Å². The second-order valence-corrected chi connectivity index (χ2v) is 3.54. The number of aromatic nitrogens is 3. The van der Waals surface area contributed by atoms with Crippen molar-refractivity contribution in [2.75, 3.05) is 12.4 Å². The third-order valence-electron chi connectivity index (χ3n) is 2.33. The molecule has 0 atom stereocenters. The van der Waals surface area contributed by atoms with E-state index in [0.717, 1.165) is 11.4 Å². The van der Waals surface area contributed by atoms with Crippen LogP contribution in [0.1, 0.15) is 5.56 Å². The number of aromatic amines is 1. The Morgan fingerprint density at radius 2 is 2.24 bits per heavy atom. The van der Waals surface area contributed by atoms with E-state index in [1.165, 1.54) is 16.8 Å². The molecule has 2 heterocycles. The van der Waals surface area contributed by atoms with Gasteiger partial charge in [0.15, 0.2) is 0 Å². The third kappa shape index (κ3) is 2.60. The quantitative estimate of drug-likeness (QED) is 0.782. The third-order valence-corrected chi connectivity index (χ3v) is 2.33. The van der Waals surface area contributed by atoms with E-state index in [0.29, 0.717) is 6.54 Å². The number of nitrogens with zero attached hydrogens (tertiary/aromatic N) is 2. The van der Waals surface area contributed by atoms with Crippen molar-refractivity contribution in [1.82, 2.24) is 14.5 Å². The van der Waals surface area contributed by atoms with Crippen LogP contribution in [0.3, 0.4) is 0 Å². The molecule has 0 aliphatic heterocycles. The SMILES string of the molecule is CNc1cc(Cn2ccc(=O)[nH]c2=O)ccn1. The van der Waals surface area contributed by atoms with Gasteiger partial charge in [-0.3, -0.25) is 14.3 Å². The molecule has 0 aliphatic rings. The lowest BCUT2D eigenvalue weighted by atomic mass is 10.2. The number of nitrogens with one attached hydrogen (secondary N) is 2. The number of hydrogen-bond donors (Lipinski definition) is 2. The lowest BCUT2D eigenvalue weighted by Gasteiger charge is -2.06. The summed E-state index contributed by atoms with van der Waals surface area (Å²) in [6.45, 7) is 0.396. The van der Waals surface area contributed by atoms with Gasteiger partial charge in [0.1, 0.15) is 5.82 Å². The highest BCUT2D eigenvalue weighted by Gasteiger charge is 1.99. The minimum Gasteiger partial charge on any atom is -0.373 e. The van der Waals surface area contributed by atoms with Crippen LogP contribution in [0.15, 0.2) is 40.2 Å². The molecule has 2 aromatic heterocycles. The lowest BCUT2D eigenvalue weighted by Crippen LogP contribution is -2.28. The summed E-state index contributed by atoms with van der Waals surface area (Å²) >= 11 is 0. The van der Waals surface area contributed by atoms with E-state index in [1.807, 2.05) is 12.1 Å². The molecule has 6 nitrogen and oxygen atoms in total. The maximum atomic E-state index is 11.5. The number of hydrogen-bond acceptors (Lipinski definition) is 4. The molecule has 17 heavy (non-hydrogen) atoms. The van der Waals surface area contributed by atoms with E-state index in [2.05, 4.69) is 15.3 Å².